The number of allylic oxidation sites excluding steroid dienone is 1. The Bertz CT molecular complexity index is 1880. The highest BCUT2D eigenvalue weighted by Crippen LogP contribution is 2.47. The van der Waals surface area contributed by atoms with E-state index in [0.717, 1.165) is 42.3 Å². The summed E-state index contributed by atoms with van der Waals surface area (Å²) in [5.74, 6) is -2.05. The molecule has 11 nitrogen and oxygen atoms in total. The number of fused-ring (bicyclic) bond motifs is 3. The average molecular weight is 723 g/mol. The normalized spacial score (nSPS) is 29.9. The van der Waals surface area contributed by atoms with Crippen molar-refractivity contribution >= 4 is 34.4 Å². The van der Waals surface area contributed by atoms with Gasteiger partial charge >= 0.3 is 0 Å². The van der Waals surface area contributed by atoms with E-state index in [4.69, 9.17) is 24.9 Å². The van der Waals surface area contributed by atoms with Crippen molar-refractivity contribution in [1.82, 2.24) is 15.2 Å². The lowest BCUT2D eigenvalue weighted by molar-refractivity contribution is -0.143. The van der Waals surface area contributed by atoms with Crippen molar-refractivity contribution in [3.8, 4) is 22.8 Å². The summed E-state index contributed by atoms with van der Waals surface area (Å²) in [5, 5.41) is 3.79. The van der Waals surface area contributed by atoms with E-state index < -0.39 is 35.3 Å². The van der Waals surface area contributed by atoms with E-state index in [2.05, 4.69) is 11.4 Å². The molecule has 7 rings (SSSR count). The maximum Gasteiger partial charge on any atom is 0.243 e. The molecule has 11 heteroatoms. The van der Waals surface area contributed by atoms with Gasteiger partial charge in [0.2, 0.25) is 17.7 Å². The van der Waals surface area contributed by atoms with Crippen LogP contribution in [0.25, 0.3) is 22.2 Å². The van der Waals surface area contributed by atoms with Crippen LogP contribution in [-0.2, 0) is 23.9 Å². The molecule has 2 aliphatic heterocycles. The number of morpholine rings is 1. The van der Waals surface area contributed by atoms with E-state index in [1.165, 1.54) is 0 Å². The fraction of sp³-hybridized carbons (Fsp3) is 0.500. The van der Waals surface area contributed by atoms with Crippen LogP contribution in [0.3, 0.4) is 0 Å². The highest BCUT2D eigenvalue weighted by molar-refractivity contribution is 5.98. The summed E-state index contributed by atoms with van der Waals surface area (Å²) in [4.78, 5) is 62.2. The van der Waals surface area contributed by atoms with Gasteiger partial charge in [-0.25, -0.2) is 4.98 Å². The quantitative estimate of drug-likeness (QED) is 0.309. The molecule has 2 unspecified atom stereocenters. The predicted molar refractivity (Wildman–Crippen MR) is 200 cm³/mol. The summed E-state index contributed by atoms with van der Waals surface area (Å²) in [5.41, 5.74) is 7.06. The van der Waals surface area contributed by atoms with Crippen molar-refractivity contribution in [2.45, 2.75) is 82.5 Å². The molecular weight excluding hydrogens is 672 g/mol. The highest BCUT2D eigenvalue weighted by Gasteiger charge is 2.60. The van der Waals surface area contributed by atoms with Crippen LogP contribution in [0.4, 0.5) is 0 Å². The lowest BCUT2D eigenvalue weighted by atomic mass is 9.81. The van der Waals surface area contributed by atoms with Gasteiger partial charge in [-0.15, -0.1) is 0 Å². The van der Waals surface area contributed by atoms with Gasteiger partial charge in [-0.2, -0.15) is 0 Å². The van der Waals surface area contributed by atoms with Gasteiger partial charge in [-0.3, -0.25) is 19.2 Å². The van der Waals surface area contributed by atoms with Crippen molar-refractivity contribution in [1.29, 1.82) is 0 Å². The number of carbonyl (C=O) groups excluding carboxylic acids is 4. The number of nitrogens with zero attached hydrogens (tertiary/aromatic N) is 2. The van der Waals surface area contributed by atoms with E-state index >= 15 is 0 Å². The largest absolute Gasteiger partial charge is 0.497 e. The van der Waals surface area contributed by atoms with E-state index in [9.17, 15) is 19.2 Å². The smallest absolute Gasteiger partial charge is 0.243 e. The standard InChI is InChI=1S/C42H50N4O7/c1-26-25-46(17-18-52-26)38(47)19-28-13-7-4-3-5-10-14-29-24-42(29,41(43)50)45-40(49)34-21-31(20-33(34)39(28)48)53-37-23-35(27-11-8-6-9-12-27)44-36-22-30(51-2)15-16-32(36)37/h6,8-12,14-16,22-23,26,28-29,31,33-34H,3-5,7,13,17-21,24-25H2,1-2H3,(H2,43,50)(H,45,49)/b14-10-/t26?,28-,29-,31+,33?,34-,42-/m1/s1. The Balaban J connectivity index is 1.21. The molecular formula is C42H50N4O7. The lowest BCUT2D eigenvalue weighted by Gasteiger charge is -2.32. The third-order valence-electron chi connectivity index (χ3n) is 11.6. The Morgan fingerprint density at radius 1 is 1.06 bits per heavy atom. The number of amides is 3. The summed E-state index contributed by atoms with van der Waals surface area (Å²) in [6.07, 6.45) is 8.59. The number of nitrogens with two attached hydrogens (primary N) is 1. The number of methoxy groups -OCH3 is 1. The molecule has 7 atom stereocenters. The van der Waals surface area contributed by atoms with Crippen molar-refractivity contribution in [2.24, 2.45) is 29.4 Å². The van der Waals surface area contributed by atoms with Crippen molar-refractivity contribution in [3.05, 3.63) is 66.7 Å². The zero-order chi connectivity index (χ0) is 37.1. The summed E-state index contributed by atoms with van der Waals surface area (Å²) >= 11 is 0. The third kappa shape index (κ3) is 7.95. The van der Waals surface area contributed by atoms with Crippen molar-refractivity contribution in [3.63, 3.8) is 0 Å². The summed E-state index contributed by atoms with van der Waals surface area (Å²) in [6, 6.07) is 17.3. The number of benzene rings is 2. The van der Waals surface area contributed by atoms with Gasteiger partial charge in [0.25, 0.3) is 0 Å². The molecule has 4 aliphatic rings. The molecule has 3 fully saturated rings. The van der Waals surface area contributed by atoms with Crippen molar-refractivity contribution < 1.29 is 33.4 Å². The monoisotopic (exact) mass is 722 g/mol. The Labute approximate surface area is 310 Å². The number of hydrogen-bond donors (Lipinski definition) is 2. The third-order valence-corrected chi connectivity index (χ3v) is 11.6. The molecule has 1 aromatic heterocycles. The molecule has 0 spiro atoms. The van der Waals surface area contributed by atoms with Gasteiger partial charge in [0, 0.05) is 60.3 Å². The first-order valence-corrected chi connectivity index (χ1v) is 19.1. The van der Waals surface area contributed by atoms with Crippen LogP contribution in [0.1, 0.15) is 64.7 Å². The van der Waals surface area contributed by atoms with E-state index in [-0.39, 0.29) is 42.5 Å². The number of aromatic nitrogens is 1. The van der Waals surface area contributed by atoms with Crippen molar-refractivity contribution in [2.75, 3.05) is 26.8 Å². The van der Waals surface area contributed by atoms with Crippen LogP contribution in [0.15, 0.2) is 66.7 Å². The molecule has 3 heterocycles. The topological polar surface area (TPSA) is 150 Å². The van der Waals surface area contributed by atoms with Gasteiger partial charge in [0.05, 0.1) is 36.9 Å². The number of rotatable bonds is 7. The number of nitrogens with one attached hydrogen (secondary N) is 1. The van der Waals surface area contributed by atoms with Gasteiger partial charge in [-0.05, 0) is 57.6 Å². The second-order valence-corrected chi connectivity index (χ2v) is 15.2. The highest BCUT2D eigenvalue weighted by atomic mass is 16.5. The Morgan fingerprint density at radius 2 is 1.87 bits per heavy atom. The molecule has 3 amide bonds. The first-order chi connectivity index (χ1) is 25.6. The van der Waals surface area contributed by atoms with Crippen LogP contribution < -0.4 is 20.5 Å². The maximum absolute atomic E-state index is 14.8. The minimum Gasteiger partial charge on any atom is -0.497 e. The molecule has 2 aliphatic carbocycles. The van der Waals surface area contributed by atoms with Gasteiger partial charge in [0.1, 0.15) is 28.9 Å². The molecule has 3 N–H and O–H groups in total. The maximum atomic E-state index is 14.8. The molecule has 0 radical (unpaired) electrons. The number of pyridine rings is 1. The van der Waals surface area contributed by atoms with Crippen LogP contribution >= 0.6 is 0 Å². The number of ether oxygens (including phenoxy) is 3. The number of primary amides is 1. The summed E-state index contributed by atoms with van der Waals surface area (Å²) in [6.45, 7) is 3.39. The van der Waals surface area contributed by atoms with Crippen LogP contribution in [0.5, 0.6) is 11.5 Å². The number of Topliss-reactive ketones (excluding diaryl/α,β-unsaturated/α-hetero) is 1. The first-order valence-electron chi connectivity index (χ1n) is 19.1. The summed E-state index contributed by atoms with van der Waals surface area (Å²) < 4.78 is 18.0. The molecule has 0 bridgehead atoms. The second-order valence-electron chi connectivity index (χ2n) is 15.2. The summed E-state index contributed by atoms with van der Waals surface area (Å²) in [7, 11) is 1.61. The molecule has 1 saturated heterocycles. The zero-order valence-electron chi connectivity index (χ0n) is 30.6. The second kappa shape index (κ2) is 15.7. The number of hydrogen-bond acceptors (Lipinski definition) is 8. The molecule has 2 aromatic carbocycles. The molecule has 280 valence electrons. The van der Waals surface area contributed by atoms with Crippen LogP contribution in [0, 0.1) is 23.7 Å². The Hall–Kier alpha value is -4.77. The van der Waals surface area contributed by atoms with E-state index in [1.807, 2.05) is 67.6 Å². The lowest BCUT2D eigenvalue weighted by Crippen LogP contribution is -2.51. The fourth-order valence-electron chi connectivity index (χ4n) is 8.47. The molecule has 53 heavy (non-hydrogen) atoms. The average Bonchev–Trinajstić information content (AvgIpc) is 3.70. The number of carbonyl (C=O) groups is 4. The van der Waals surface area contributed by atoms with Crippen LogP contribution in [-0.4, -0.2) is 77.9 Å². The predicted octanol–water partition coefficient (Wildman–Crippen LogP) is 5.39. The van der Waals surface area contributed by atoms with Crippen LogP contribution in [0.2, 0.25) is 0 Å². The minimum atomic E-state index is -1.17. The minimum absolute atomic E-state index is 0.0632. The van der Waals surface area contributed by atoms with E-state index in [1.54, 1.807) is 12.0 Å². The fourth-order valence-corrected chi connectivity index (χ4v) is 8.47. The van der Waals surface area contributed by atoms with Gasteiger partial charge in [0.15, 0.2) is 0 Å². The Morgan fingerprint density at radius 3 is 2.64 bits per heavy atom. The Kier molecular flexibility index (Phi) is 10.8. The molecule has 2 saturated carbocycles. The molecule has 3 aromatic rings. The number of ketones is 1. The van der Waals surface area contributed by atoms with Gasteiger partial charge in [-0.1, -0.05) is 55.3 Å². The SMILES string of the molecule is COc1ccc2c(O[C@H]3CC4C(=O)[C@@H](CC(=O)N5CCOC(C)C5)CCCCC/C=C\[C@@H]5C[C@@]5(C(N)=O)NC(=O)[C@@H]4C3)cc(-c3ccccc3)nc2c1. The van der Waals surface area contributed by atoms with E-state index in [0.29, 0.717) is 56.0 Å². The zero-order valence-corrected chi connectivity index (χ0v) is 30.6. The first kappa shape index (κ1) is 36.6. The van der Waals surface area contributed by atoms with Gasteiger partial charge < -0.3 is 30.2 Å².